The highest BCUT2D eigenvalue weighted by Crippen LogP contribution is 2.38. The zero-order valence-corrected chi connectivity index (χ0v) is 21.3. The van der Waals surface area contributed by atoms with Crippen LogP contribution in [0.3, 0.4) is 0 Å². The Morgan fingerprint density at radius 3 is 2.40 bits per heavy atom. The smallest absolute Gasteiger partial charge is 0.243 e. The Bertz CT molecular complexity index is 1350. The summed E-state index contributed by atoms with van der Waals surface area (Å²) in [6.07, 6.45) is 3.31. The Labute approximate surface area is 206 Å². The molecule has 1 aliphatic rings. The number of piperazine rings is 1. The van der Waals surface area contributed by atoms with Gasteiger partial charge in [0, 0.05) is 44.0 Å². The maximum atomic E-state index is 13.4. The molecule has 2 aromatic carbocycles. The number of hydrogen-bond donors (Lipinski definition) is 0. The summed E-state index contributed by atoms with van der Waals surface area (Å²) < 4.78 is 45.2. The number of likely N-dealkylation sites (N-methyl/N-ethyl adjacent to an activating group) is 1. The fraction of sp³-hybridized carbons (Fsp3) is 0.360. The van der Waals surface area contributed by atoms with Crippen LogP contribution in [0.25, 0.3) is 28.4 Å². The summed E-state index contributed by atoms with van der Waals surface area (Å²) in [4.78, 5) is 11.6. The molecule has 0 radical (unpaired) electrons. The summed E-state index contributed by atoms with van der Waals surface area (Å²) in [5.41, 5.74) is 1.75. The van der Waals surface area contributed by atoms with Crippen molar-refractivity contribution in [2.45, 2.75) is 11.8 Å². The van der Waals surface area contributed by atoms with Crippen LogP contribution in [0.2, 0.25) is 0 Å². The maximum absolute atomic E-state index is 13.4. The standard InChI is InChI=1S/C25H30N4O5S/c1-6-18-22(32-4)15-23(33-5)20-16-26-25(27-24(18)20)19-14-17(8-9-21(19)34-7-2)35(30,31)29-12-10-28(3)11-13-29/h6,8-9,14-16H,1,7,10-13H2,2-5H3. The number of fused-ring (bicyclic) bond motifs is 1. The van der Waals surface area contributed by atoms with Crippen molar-refractivity contribution < 1.29 is 22.6 Å². The van der Waals surface area contributed by atoms with Crippen LogP contribution >= 0.6 is 0 Å². The highest BCUT2D eigenvalue weighted by Gasteiger charge is 2.29. The quantitative estimate of drug-likeness (QED) is 0.467. The van der Waals surface area contributed by atoms with E-state index in [0.717, 1.165) is 0 Å². The van der Waals surface area contributed by atoms with Gasteiger partial charge in [0.05, 0.1) is 42.2 Å². The van der Waals surface area contributed by atoms with Crippen LogP contribution in [0.15, 0.2) is 41.9 Å². The van der Waals surface area contributed by atoms with E-state index in [-0.39, 0.29) is 4.90 Å². The molecule has 0 atom stereocenters. The minimum absolute atomic E-state index is 0.177. The molecule has 186 valence electrons. The Morgan fingerprint density at radius 1 is 1.06 bits per heavy atom. The first kappa shape index (κ1) is 24.9. The Morgan fingerprint density at radius 2 is 1.77 bits per heavy atom. The minimum atomic E-state index is -3.68. The van der Waals surface area contributed by atoms with E-state index in [4.69, 9.17) is 19.2 Å². The van der Waals surface area contributed by atoms with Crippen LogP contribution in [0, 0.1) is 0 Å². The van der Waals surface area contributed by atoms with E-state index in [0.29, 0.717) is 77.9 Å². The molecule has 0 amide bonds. The van der Waals surface area contributed by atoms with Crippen LogP contribution < -0.4 is 14.2 Å². The number of hydrogen-bond acceptors (Lipinski definition) is 8. The molecular formula is C25H30N4O5S. The van der Waals surface area contributed by atoms with Gasteiger partial charge >= 0.3 is 0 Å². The largest absolute Gasteiger partial charge is 0.496 e. The molecule has 1 saturated heterocycles. The van der Waals surface area contributed by atoms with E-state index in [1.165, 1.54) is 4.31 Å². The van der Waals surface area contributed by atoms with Gasteiger partial charge in [-0.15, -0.1) is 0 Å². The molecule has 0 unspecified atom stereocenters. The normalized spacial score (nSPS) is 15.2. The summed E-state index contributed by atoms with van der Waals surface area (Å²) in [6, 6.07) is 6.59. The first-order chi connectivity index (χ1) is 16.8. The topological polar surface area (TPSA) is 94.1 Å². The van der Waals surface area contributed by atoms with Gasteiger partial charge in [-0.2, -0.15) is 4.31 Å². The fourth-order valence-corrected chi connectivity index (χ4v) is 5.58. The lowest BCUT2D eigenvalue weighted by Gasteiger charge is -2.31. The average Bonchev–Trinajstić information content (AvgIpc) is 2.87. The number of nitrogens with zero attached hydrogens (tertiary/aromatic N) is 4. The number of methoxy groups -OCH3 is 2. The van der Waals surface area contributed by atoms with Crippen molar-refractivity contribution in [2.75, 3.05) is 54.1 Å². The van der Waals surface area contributed by atoms with Gasteiger partial charge < -0.3 is 19.1 Å². The lowest BCUT2D eigenvalue weighted by atomic mass is 10.1. The first-order valence-corrected chi connectivity index (χ1v) is 12.8. The van der Waals surface area contributed by atoms with E-state index < -0.39 is 10.0 Å². The monoisotopic (exact) mass is 498 g/mol. The molecule has 10 heteroatoms. The molecule has 0 spiro atoms. The van der Waals surface area contributed by atoms with Gasteiger partial charge in [0.15, 0.2) is 5.82 Å². The number of benzene rings is 2. The minimum Gasteiger partial charge on any atom is -0.496 e. The second-order valence-electron chi connectivity index (χ2n) is 8.15. The van der Waals surface area contributed by atoms with Gasteiger partial charge in [0.1, 0.15) is 17.2 Å². The zero-order valence-electron chi connectivity index (χ0n) is 20.4. The lowest BCUT2D eigenvalue weighted by molar-refractivity contribution is 0.222. The van der Waals surface area contributed by atoms with Crippen molar-refractivity contribution in [3.05, 3.63) is 42.6 Å². The molecule has 0 bridgehead atoms. The van der Waals surface area contributed by atoms with Crippen LogP contribution in [-0.4, -0.2) is 81.6 Å². The van der Waals surface area contributed by atoms with Gasteiger partial charge in [0.2, 0.25) is 10.0 Å². The highest BCUT2D eigenvalue weighted by molar-refractivity contribution is 7.89. The van der Waals surface area contributed by atoms with Crippen molar-refractivity contribution in [1.29, 1.82) is 0 Å². The van der Waals surface area contributed by atoms with E-state index >= 15 is 0 Å². The van der Waals surface area contributed by atoms with Crippen LogP contribution in [0.1, 0.15) is 12.5 Å². The van der Waals surface area contributed by atoms with Crippen molar-refractivity contribution in [3.8, 4) is 28.6 Å². The molecule has 2 heterocycles. The lowest BCUT2D eigenvalue weighted by Crippen LogP contribution is -2.47. The van der Waals surface area contributed by atoms with Crippen molar-refractivity contribution in [2.24, 2.45) is 0 Å². The van der Waals surface area contributed by atoms with Crippen molar-refractivity contribution >= 4 is 27.0 Å². The van der Waals surface area contributed by atoms with Crippen LogP contribution in [0.4, 0.5) is 0 Å². The van der Waals surface area contributed by atoms with Crippen LogP contribution in [-0.2, 0) is 10.0 Å². The van der Waals surface area contributed by atoms with Gasteiger partial charge in [0.25, 0.3) is 0 Å². The Kier molecular flexibility index (Phi) is 7.25. The molecule has 1 fully saturated rings. The summed E-state index contributed by atoms with van der Waals surface area (Å²) in [5, 5.41) is 0.686. The number of rotatable bonds is 8. The number of sulfonamides is 1. The summed E-state index contributed by atoms with van der Waals surface area (Å²) in [7, 11) is 1.43. The third kappa shape index (κ3) is 4.69. The second kappa shape index (κ2) is 10.2. The summed E-state index contributed by atoms with van der Waals surface area (Å²) in [6.45, 7) is 8.43. The Hall–Kier alpha value is -3.21. The second-order valence-corrected chi connectivity index (χ2v) is 10.1. The molecule has 3 aromatic rings. The molecule has 0 N–H and O–H groups in total. The Balaban J connectivity index is 1.88. The fourth-order valence-electron chi connectivity index (χ4n) is 4.13. The van der Waals surface area contributed by atoms with E-state index in [2.05, 4.69) is 16.5 Å². The van der Waals surface area contributed by atoms with Gasteiger partial charge in [-0.1, -0.05) is 12.7 Å². The van der Waals surface area contributed by atoms with Gasteiger partial charge in [-0.25, -0.2) is 18.4 Å². The van der Waals surface area contributed by atoms with Crippen LogP contribution in [0.5, 0.6) is 17.2 Å². The molecule has 1 aliphatic heterocycles. The van der Waals surface area contributed by atoms with Crippen molar-refractivity contribution in [3.63, 3.8) is 0 Å². The summed E-state index contributed by atoms with van der Waals surface area (Å²) in [5.74, 6) is 1.95. The molecule has 0 saturated carbocycles. The zero-order chi connectivity index (χ0) is 25.2. The molecule has 0 aliphatic carbocycles. The molecule has 9 nitrogen and oxygen atoms in total. The predicted molar refractivity (Wildman–Crippen MR) is 136 cm³/mol. The highest BCUT2D eigenvalue weighted by atomic mass is 32.2. The van der Waals surface area contributed by atoms with Gasteiger partial charge in [-0.3, -0.25) is 0 Å². The first-order valence-electron chi connectivity index (χ1n) is 11.3. The van der Waals surface area contributed by atoms with Crippen molar-refractivity contribution in [1.82, 2.24) is 19.2 Å². The summed E-state index contributed by atoms with van der Waals surface area (Å²) >= 11 is 0. The maximum Gasteiger partial charge on any atom is 0.243 e. The van der Waals surface area contributed by atoms with Gasteiger partial charge in [-0.05, 0) is 32.2 Å². The van der Waals surface area contributed by atoms with E-state index in [1.54, 1.807) is 50.8 Å². The molecule has 1 aromatic heterocycles. The molecule has 4 rings (SSSR count). The third-order valence-electron chi connectivity index (χ3n) is 6.07. The average molecular weight is 499 g/mol. The third-order valence-corrected chi connectivity index (χ3v) is 7.97. The SMILES string of the molecule is C=Cc1c(OC)cc(OC)c2cnc(-c3cc(S(=O)(=O)N4CCN(C)CC4)ccc3OCC)nc12. The number of aromatic nitrogens is 2. The van der Waals surface area contributed by atoms with E-state index in [9.17, 15) is 8.42 Å². The predicted octanol–water partition coefficient (Wildman–Crippen LogP) is 3.29. The number of ether oxygens (including phenoxy) is 3. The molecule has 35 heavy (non-hydrogen) atoms. The molecular weight excluding hydrogens is 468 g/mol. The van der Waals surface area contributed by atoms with E-state index in [1.807, 2.05) is 14.0 Å².